The minimum absolute atomic E-state index is 0.0653. The van der Waals surface area contributed by atoms with Crippen molar-refractivity contribution >= 4 is 5.78 Å². The Hall–Kier alpha value is -3.01. The molecule has 2 heterocycles. The summed E-state index contributed by atoms with van der Waals surface area (Å²) in [4.78, 5) is 13.0. The fraction of sp³-hybridized carbons (Fsp3) is 0.433. The van der Waals surface area contributed by atoms with Gasteiger partial charge >= 0.3 is 0 Å². The third-order valence-corrected chi connectivity index (χ3v) is 7.54. The molecular formula is C30H36O4. The molecule has 1 aromatic carbocycles. The van der Waals surface area contributed by atoms with Gasteiger partial charge in [0.15, 0.2) is 17.3 Å². The van der Waals surface area contributed by atoms with E-state index >= 15 is 0 Å². The van der Waals surface area contributed by atoms with Crippen LogP contribution in [0.1, 0.15) is 82.7 Å². The van der Waals surface area contributed by atoms with Crippen LogP contribution in [-0.4, -0.2) is 16.0 Å². The van der Waals surface area contributed by atoms with Gasteiger partial charge in [0.2, 0.25) is 0 Å². The van der Waals surface area contributed by atoms with E-state index in [0.29, 0.717) is 36.2 Å². The number of fused-ring (bicyclic) bond motifs is 1. The molecule has 2 atom stereocenters. The zero-order valence-electron chi connectivity index (χ0n) is 21.2. The van der Waals surface area contributed by atoms with Crippen molar-refractivity contribution in [1.29, 1.82) is 0 Å². The predicted molar refractivity (Wildman–Crippen MR) is 136 cm³/mol. The first-order valence-corrected chi connectivity index (χ1v) is 12.1. The summed E-state index contributed by atoms with van der Waals surface area (Å²) in [6.45, 7) is 16.0. The molecule has 2 bridgehead atoms. The van der Waals surface area contributed by atoms with E-state index in [-0.39, 0.29) is 23.4 Å². The number of hydrogen-bond donors (Lipinski definition) is 2. The molecule has 2 aliphatic carbocycles. The van der Waals surface area contributed by atoms with Gasteiger partial charge in [-0.15, -0.1) is 6.58 Å². The first kappa shape index (κ1) is 24.1. The van der Waals surface area contributed by atoms with E-state index in [9.17, 15) is 15.0 Å². The van der Waals surface area contributed by atoms with Gasteiger partial charge in [0.25, 0.3) is 0 Å². The summed E-state index contributed by atoms with van der Waals surface area (Å²) < 4.78 is 6.44. The van der Waals surface area contributed by atoms with Crippen molar-refractivity contribution in [3.63, 3.8) is 0 Å². The van der Waals surface area contributed by atoms with Gasteiger partial charge in [-0.3, -0.25) is 4.79 Å². The fourth-order valence-electron chi connectivity index (χ4n) is 5.47. The molecule has 1 saturated heterocycles. The molecule has 4 nitrogen and oxygen atoms in total. The average Bonchev–Trinajstić information content (AvgIpc) is 2.78. The van der Waals surface area contributed by atoms with Gasteiger partial charge in [0, 0.05) is 33.8 Å². The van der Waals surface area contributed by atoms with Crippen molar-refractivity contribution in [3.05, 3.63) is 81.7 Å². The molecule has 4 heteroatoms. The Morgan fingerprint density at radius 1 is 1.12 bits per heavy atom. The number of phenols is 2. The number of ketones is 1. The molecule has 1 fully saturated rings. The Morgan fingerprint density at radius 3 is 2.32 bits per heavy atom. The first-order valence-electron chi connectivity index (χ1n) is 12.1. The molecule has 5 rings (SSSR count). The summed E-state index contributed by atoms with van der Waals surface area (Å²) in [6.07, 6.45) is 12.0. The van der Waals surface area contributed by atoms with Gasteiger partial charge < -0.3 is 14.9 Å². The highest BCUT2D eigenvalue weighted by atomic mass is 16.5. The van der Waals surface area contributed by atoms with Gasteiger partial charge in [-0.1, -0.05) is 49.3 Å². The number of rotatable bonds is 6. The zero-order valence-corrected chi connectivity index (χ0v) is 21.2. The molecule has 0 saturated carbocycles. The van der Waals surface area contributed by atoms with E-state index in [4.69, 9.17) is 4.74 Å². The summed E-state index contributed by atoms with van der Waals surface area (Å²) in [6, 6.07) is 0. The fourth-order valence-corrected chi connectivity index (χ4v) is 5.47. The largest absolute Gasteiger partial charge is 0.504 e. The third kappa shape index (κ3) is 3.64. The normalized spacial score (nSPS) is 22.6. The molecule has 1 spiro atoms. The molecule has 0 amide bonds. The number of allylic oxidation sites excluding steroid dienone is 8. The van der Waals surface area contributed by atoms with Crippen LogP contribution >= 0.6 is 0 Å². The van der Waals surface area contributed by atoms with E-state index in [2.05, 4.69) is 32.6 Å². The van der Waals surface area contributed by atoms with Crippen LogP contribution in [0.2, 0.25) is 0 Å². The maximum absolute atomic E-state index is 13.0. The Morgan fingerprint density at radius 2 is 1.74 bits per heavy atom. The summed E-state index contributed by atoms with van der Waals surface area (Å²) in [5.41, 5.74) is 5.09. The minimum atomic E-state index is -0.774. The number of hydrogen-bond acceptors (Lipinski definition) is 4. The molecule has 4 aliphatic rings. The minimum Gasteiger partial charge on any atom is -0.504 e. The maximum Gasteiger partial charge on any atom is 0.185 e. The molecule has 34 heavy (non-hydrogen) atoms. The highest BCUT2D eigenvalue weighted by molar-refractivity contribution is 6.07. The van der Waals surface area contributed by atoms with Crippen molar-refractivity contribution in [2.24, 2.45) is 5.41 Å². The first-order chi connectivity index (χ1) is 15.9. The van der Waals surface area contributed by atoms with Crippen molar-refractivity contribution in [2.75, 3.05) is 0 Å². The van der Waals surface area contributed by atoms with Gasteiger partial charge in [-0.2, -0.15) is 0 Å². The molecule has 0 aromatic heterocycles. The number of phenolic OH excluding ortho intramolecular Hbond substituents is 2. The number of aromatic hydroxyl groups is 2. The van der Waals surface area contributed by atoms with Crippen LogP contribution in [-0.2, 0) is 27.8 Å². The number of carbonyl (C=O) groups excluding carboxylic acids is 1. The number of ether oxygens (including phenoxy) is 1. The third-order valence-electron chi connectivity index (χ3n) is 7.54. The molecule has 2 unspecified atom stereocenters. The second kappa shape index (κ2) is 8.33. The molecular weight excluding hydrogens is 424 g/mol. The van der Waals surface area contributed by atoms with E-state index in [0.717, 1.165) is 28.7 Å². The highest BCUT2D eigenvalue weighted by Gasteiger charge is 2.55. The lowest BCUT2D eigenvalue weighted by Crippen LogP contribution is -2.44. The van der Waals surface area contributed by atoms with E-state index in [1.807, 2.05) is 33.8 Å². The lowest BCUT2D eigenvalue weighted by atomic mass is 9.59. The highest BCUT2D eigenvalue weighted by Crippen LogP contribution is 2.62. The molecule has 0 radical (unpaired) electrons. The zero-order chi connectivity index (χ0) is 25.0. The van der Waals surface area contributed by atoms with E-state index in [1.54, 1.807) is 12.2 Å². The van der Waals surface area contributed by atoms with E-state index in [1.165, 1.54) is 5.57 Å². The molecule has 2 aliphatic heterocycles. The second-order valence-electron chi connectivity index (χ2n) is 10.9. The van der Waals surface area contributed by atoms with Crippen LogP contribution in [0.4, 0.5) is 0 Å². The predicted octanol–water partition coefficient (Wildman–Crippen LogP) is 6.82. The lowest BCUT2D eigenvalue weighted by Gasteiger charge is -2.51. The van der Waals surface area contributed by atoms with Crippen LogP contribution in [0.3, 0.4) is 0 Å². The average molecular weight is 461 g/mol. The number of benzene rings is 1. The Balaban J connectivity index is 2.05. The molecule has 2 N–H and O–H groups in total. The Bertz CT molecular complexity index is 1200. The van der Waals surface area contributed by atoms with Gasteiger partial charge in [0.05, 0.1) is 5.41 Å². The van der Waals surface area contributed by atoms with Crippen LogP contribution in [0.25, 0.3) is 0 Å². The van der Waals surface area contributed by atoms with Crippen molar-refractivity contribution in [2.45, 2.75) is 78.7 Å². The van der Waals surface area contributed by atoms with Gasteiger partial charge in [-0.25, -0.2) is 0 Å². The van der Waals surface area contributed by atoms with Gasteiger partial charge in [-0.05, 0) is 58.9 Å². The van der Waals surface area contributed by atoms with Crippen LogP contribution < -0.4 is 0 Å². The molecule has 1 aromatic rings. The van der Waals surface area contributed by atoms with Crippen LogP contribution in [0.15, 0.2) is 59.4 Å². The standard InChI is InChI=1S/C30H36O4/c1-8-29(6,7)21-16-30-14-13-23(34-24(30)15-22(21)31)25-19(11-9-17(2)3)20(12-10-18(4)5)27(32)28(33)26(25)30/h8-10,15-16,23,32-33H,1,11-14H2,2-7H3. The SMILES string of the molecule is C=CC(C)(C)C1=CC23CCC(OC2=CC1=O)c1c(CC=C(C)C)c(CC=C(C)C)c(O)c(O)c13. The summed E-state index contributed by atoms with van der Waals surface area (Å²) in [5.74, 6) is 0.330. The quantitative estimate of drug-likeness (QED) is 0.361. The maximum atomic E-state index is 13.0. The monoisotopic (exact) mass is 460 g/mol. The number of carbonyl (C=O) groups is 1. The Kier molecular flexibility index (Phi) is 5.91. The van der Waals surface area contributed by atoms with Crippen molar-refractivity contribution < 1.29 is 19.7 Å². The lowest BCUT2D eigenvalue weighted by molar-refractivity contribution is -0.113. The molecule has 180 valence electrons. The summed E-state index contributed by atoms with van der Waals surface area (Å²) in [7, 11) is 0. The van der Waals surface area contributed by atoms with E-state index < -0.39 is 10.8 Å². The topological polar surface area (TPSA) is 66.8 Å². The smallest absolute Gasteiger partial charge is 0.185 e. The van der Waals surface area contributed by atoms with Crippen LogP contribution in [0, 0.1) is 5.41 Å². The van der Waals surface area contributed by atoms with Gasteiger partial charge in [0.1, 0.15) is 11.9 Å². The van der Waals surface area contributed by atoms with Crippen molar-refractivity contribution in [3.8, 4) is 11.5 Å². The van der Waals surface area contributed by atoms with Crippen LogP contribution in [0.5, 0.6) is 11.5 Å². The summed E-state index contributed by atoms with van der Waals surface area (Å²) in [5, 5.41) is 22.7. The Labute approximate surface area is 203 Å². The summed E-state index contributed by atoms with van der Waals surface area (Å²) >= 11 is 0. The second-order valence-corrected chi connectivity index (χ2v) is 10.9. The van der Waals surface area contributed by atoms with Crippen molar-refractivity contribution in [1.82, 2.24) is 0 Å².